The van der Waals surface area contributed by atoms with Crippen molar-refractivity contribution in [1.82, 2.24) is 14.5 Å². The SMILES string of the molecule is CCOc1sc2nc(C)n(CC(=O)N(CC)CC)c(=O)c2c1C. The van der Waals surface area contributed by atoms with E-state index in [4.69, 9.17) is 4.74 Å². The van der Waals surface area contributed by atoms with Crippen molar-refractivity contribution in [1.29, 1.82) is 0 Å². The van der Waals surface area contributed by atoms with Gasteiger partial charge in [0, 0.05) is 18.7 Å². The molecule has 0 aliphatic heterocycles. The van der Waals surface area contributed by atoms with Crippen LogP contribution < -0.4 is 10.3 Å². The van der Waals surface area contributed by atoms with Gasteiger partial charge in [-0.15, -0.1) is 0 Å². The van der Waals surface area contributed by atoms with Crippen molar-refractivity contribution in [3.05, 3.63) is 21.7 Å². The van der Waals surface area contributed by atoms with Gasteiger partial charge in [0.05, 0.1) is 12.0 Å². The number of hydrogen-bond acceptors (Lipinski definition) is 5. The number of fused-ring (bicyclic) bond motifs is 1. The summed E-state index contributed by atoms with van der Waals surface area (Å²) in [7, 11) is 0. The molecule has 0 spiro atoms. The number of carbonyl (C=O) groups excluding carboxylic acids is 1. The molecule has 0 aromatic carbocycles. The zero-order valence-corrected chi connectivity index (χ0v) is 15.1. The van der Waals surface area contributed by atoms with Gasteiger partial charge in [0.1, 0.15) is 17.2 Å². The lowest BCUT2D eigenvalue weighted by Gasteiger charge is -2.19. The van der Waals surface area contributed by atoms with Crippen molar-refractivity contribution >= 4 is 27.5 Å². The Balaban J connectivity index is 2.51. The Kier molecular flexibility index (Phi) is 5.41. The van der Waals surface area contributed by atoms with Gasteiger partial charge >= 0.3 is 0 Å². The van der Waals surface area contributed by atoms with Crippen LogP contribution in [0.5, 0.6) is 5.06 Å². The van der Waals surface area contributed by atoms with E-state index in [1.165, 1.54) is 15.9 Å². The van der Waals surface area contributed by atoms with E-state index >= 15 is 0 Å². The van der Waals surface area contributed by atoms with Gasteiger partial charge in [-0.25, -0.2) is 4.98 Å². The molecule has 2 heterocycles. The summed E-state index contributed by atoms with van der Waals surface area (Å²) in [5.74, 6) is 0.478. The Morgan fingerprint density at radius 2 is 1.91 bits per heavy atom. The molecule has 0 saturated carbocycles. The van der Waals surface area contributed by atoms with Crippen LogP contribution in [-0.4, -0.2) is 40.1 Å². The normalized spacial score (nSPS) is 11.0. The minimum atomic E-state index is -0.173. The van der Waals surface area contributed by atoms with Gasteiger partial charge in [-0.2, -0.15) is 0 Å². The molecule has 0 bridgehead atoms. The molecule has 2 aromatic heterocycles. The Labute approximate surface area is 139 Å². The van der Waals surface area contributed by atoms with Crippen LogP contribution in [0.4, 0.5) is 0 Å². The maximum atomic E-state index is 12.8. The molecule has 0 aliphatic rings. The molecule has 1 amide bonds. The standard InChI is InChI=1S/C16H23N3O3S/c1-6-18(7-2)12(20)9-19-11(5)17-14-13(15(19)21)10(4)16(23-14)22-8-3/h6-9H2,1-5H3. The molecular formula is C16H23N3O3S. The molecule has 0 radical (unpaired) electrons. The smallest absolute Gasteiger partial charge is 0.263 e. The number of aromatic nitrogens is 2. The summed E-state index contributed by atoms with van der Waals surface area (Å²) in [4.78, 5) is 32.0. The third-order valence-corrected chi connectivity index (χ3v) is 4.98. The zero-order valence-electron chi connectivity index (χ0n) is 14.3. The minimum Gasteiger partial charge on any atom is -0.484 e. The molecule has 23 heavy (non-hydrogen) atoms. The van der Waals surface area contributed by atoms with E-state index in [0.29, 0.717) is 35.7 Å². The van der Waals surface area contributed by atoms with Crippen LogP contribution in [0.15, 0.2) is 4.79 Å². The summed E-state index contributed by atoms with van der Waals surface area (Å²) in [5, 5.41) is 1.27. The number of likely N-dealkylation sites (N-methyl/N-ethyl adjacent to an activating group) is 1. The molecule has 0 atom stereocenters. The largest absolute Gasteiger partial charge is 0.484 e. The molecule has 0 N–H and O–H groups in total. The van der Waals surface area contributed by atoms with E-state index in [1.54, 1.807) is 11.8 Å². The van der Waals surface area contributed by atoms with Gasteiger partial charge < -0.3 is 9.64 Å². The lowest BCUT2D eigenvalue weighted by Crippen LogP contribution is -2.37. The number of carbonyl (C=O) groups is 1. The first kappa shape index (κ1) is 17.5. The number of thiophene rings is 1. The predicted octanol–water partition coefficient (Wildman–Crippen LogP) is 2.34. The number of aryl methyl sites for hydroxylation is 2. The Morgan fingerprint density at radius 3 is 2.48 bits per heavy atom. The molecule has 0 fully saturated rings. The maximum Gasteiger partial charge on any atom is 0.263 e. The Hall–Kier alpha value is -1.89. The van der Waals surface area contributed by atoms with Crippen molar-refractivity contribution in [2.24, 2.45) is 0 Å². The van der Waals surface area contributed by atoms with Crippen LogP contribution in [-0.2, 0) is 11.3 Å². The highest BCUT2D eigenvalue weighted by Crippen LogP contribution is 2.34. The summed E-state index contributed by atoms with van der Waals surface area (Å²) >= 11 is 1.38. The average Bonchev–Trinajstić information content (AvgIpc) is 2.81. The Morgan fingerprint density at radius 1 is 1.26 bits per heavy atom. The van der Waals surface area contributed by atoms with Crippen molar-refractivity contribution in [3.63, 3.8) is 0 Å². The number of ether oxygens (including phenoxy) is 1. The fraction of sp³-hybridized carbons (Fsp3) is 0.562. The molecule has 126 valence electrons. The van der Waals surface area contributed by atoms with Gasteiger partial charge in [0.2, 0.25) is 5.91 Å². The van der Waals surface area contributed by atoms with Crippen molar-refractivity contribution in [2.45, 2.75) is 41.2 Å². The fourth-order valence-corrected chi connectivity index (χ4v) is 3.69. The number of hydrogen-bond donors (Lipinski definition) is 0. The van der Waals surface area contributed by atoms with E-state index in [1.807, 2.05) is 27.7 Å². The summed E-state index contributed by atoms with van der Waals surface area (Å²) < 4.78 is 7.02. The van der Waals surface area contributed by atoms with E-state index in [-0.39, 0.29) is 18.0 Å². The molecule has 6 nitrogen and oxygen atoms in total. The first-order valence-corrected chi connectivity index (χ1v) is 8.67. The summed E-state index contributed by atoms with van der Waals surface area (Å²) in [6.07, 6.45) is 0. The molecule has 0 aliphatic carbocycles. The second-order valence-corrected chi connectivity index (χ2v) is 6.21. The number of rotatable bonds is 6. The quantitative estimate of drug-likeness (QED) is 0.811. The first-order chi connectivity index (χ1) is 10.9. The number of nitrogens with zero attached hydrogens (tertiary/aromatic N) is 3. The highest BCUT2D eigenvalue weighted by Gasteiger charge is 2.19. The molecule has 2 aromatic rings. The molecule has 2 rings (SSSR count). The van der Waals surface area contributed by atoms with E-state index in [2.05, 4.69) is 4.98 Å². The average molecular weight is 337 g/mol. The monoisotopic (exact) mass is 337 g/mol. The van der Waals surface area contributed by atoms with Gasteiger partial charge in [-0.1, -0.05) is 11.3 Å². The summed E-state index contributed by atoms with van der Waals surface area (Å²) in [6.45, 7) is 11.2. The highest BCUT2D eigenvalue weighted by molar-refractivity contribution is 7.20. The molecule has 7 heteroatoms. The third kappa shape index (κ3) is 3.24. The zero-order chi connectivity index (χ0) is 17.1. The van der Waals surface area contributed by atoms with Gasteiger partial charge in [-0.3, -0.25) is 14.2 Å². The lowest BCUT2D eigenvalue weighted by atomic mass is 10.2. The topological polar surface area (TPSA) is 64.4 Å². The van der Waals surface area contributed by atoms with Crippen molar-refractivity contribution in [3.8, 4) is 5.06 Å². The molecular weight excluding hydrogens is 314 g/mol. The van der Waals surface area contributed by atoms with Gasteiger partial charge in [0.15, 0.2) is 5.06 Å². The second kappa shape index (κ2) is 7.12. The fourth-order valence-electron chi connectivity index (χ4n) is 2.56. The Bertz CT molecular complexity index is 775. The van der Waals surface area contributed by atoms with Crippen LogP contribution in [0.3, 0.4) is 0 Å². The van der Waals surface area contributed by atoms with Crippen LogP contribution in [0.25, 0.3) is 10.2 Å². The first-order valence-electron chi connectivity index (χ1n) is 7.85. The van der Waals surface area contributed by atoms with Crippen LogP contribution in [0.1, 0.15) is 32.2 Å². The highest BCUT2D eigenvalue weighted by atomic mass is 32.1. The van der Waals surface area contributed by atoms with E-state index in [0.717, 1.165) is 10.6 Å². The maximum absolute atomic E-state index is 12.8. The van der Waals surface area contributed by atoms with Crippen LogP contribution in [0, 0.1) is 13.8 Å². The van der Waals surface area contributed by atoms with Gasteiger partial charge in [-0.05, 0) is 34.6 Å². The number of amides is 1. The van der Waals surface area contributed by atoms with E-state index < -0.39 is 0 Å². The van der Waals surface area contributed by atoms with Crippen LogP contribution in [0.2, 0.25) is 0 Å². The van der Waals surface area contributed by atoms with Crippen molar-refractivity contribution in [2.75, 3.05) is 19.7 Å². The molecule has 0 unspecified atom stereocenters. The minimum absolute atomic E-state index is 0.0224. The summed E-state index contributed by atoms with van der Waals surface area (Å²) in [6, 6.07) is 0. The third-order valence-electron chi connectivity index (χ3n) is 3.88. The molecule has 0 saturated heterocycles. The predicted molar refractivity (Wildman–Crippen MR) is 92.5 cm³/mol. The second-order valence-electron chi connectivity index (χ2n) is 5.24. The lowest BCUT2D eigenvalue weighted by molar-refractivity contribution is -0.131. The summed E-state index contributed by atoms with van der Waals surface area (Å²) in [5.41, 5.74) is 0.626. The van der Waals surface area contributed by atoms with Crippen LogP contribution >= 0.6 is 11.3 Å². The van der Waals surface area contributed by atoms with Gasteiger partial charge in [0.25, 0.3) is 5.56 Å². The van der Waals surface area contributed by atoms with E-state index in [9.17, 15) is 9.59 Å². The van der Waals surface area contributed by atoms with Crippen molar-refractivity contribution < 1.29 is 9.53 Å².